The second kappa shape index (κ2) is 15.8. The number of ether oxygens (including phenoxy) is 4. The van der Waals surface area contributed by atoms with Crippen molar-refractivity contribution in [1.29, 1.82) is 0 Å². The minimum absolute atomic E-state index is 0.0724. The SMILES string of the molecule is CC1(C)COC(=O)OC1C(=O)NCCC(=O)NCCSSCCNC(=O)CCNC(=O)C1OC(=O)OCC1(C)C. The third-order valence-electron chi connectivity index (χ3n) is 5.85. The first-order valence-electron chi connectivity index (χ1n) is 12.8. The summed E-state index contributed by atoms with van der Waals surface area (Å²) in [6, 6.07) is 0. The molecule has 2 unspecified atom stereocenters. The van der Waals surface area contributed by atoms with Gasteiger partial charge in [-0.3, -0.25) is 19.2 Å². The van der Waals surface area contributed by atoms with Crippen LogP contribution in [0, 0.1) is 10.8 Å². The van der Waals surface area contributed by atoms with Crippen LogP contribution in [0.2, 0.25) is 0 Å². The first kappa shape index (κ1) is 33.3. The maximum absolute atomic E-state index is 12.3. The molecule has 2 fully saturated rings. The Bertz CT molecular complexity index is 873. The molecule has 16 heteroatoms. The van der Waals surface area contributed by atoms with Crippen molar-refractivity contribution in [2.75, 3.05) is 50.9 Å². The van der Waals surface area contributed by atoms with Crippen molar-refractivity contribution in [3.05, 3.63) is 0 Å². The molecule has 14 nitrogen and oxygen atoms in total. The van der Waals surface area contributed by atoms with Gasteiger partial charge in [0.2, 0.25) is 11.8 Å². The Morgan fingerprint density at radius 2 is 1.05 bits per heavy atom. The third kappa shape index (κ3) is 11.3. The van der Waals surface area contributed by atoms with Gasteiger partial charge in [-0.25, -0.2) is 9.59 Å². The van der Waals surface area contributed by atoms with Crippen LogP contribution in [-0.4, -0.2) is 99.0 Å². The van der Waals surface area contributed by atoms with E-state index in [0.717, 1.165) is 0 Å². The smallest absolute Gasteiger partial charge is 0.434 e. The van der Waals surface area contributed by atoms with Crippen LogP contribution in [0.3, 0.4) is 0 Å². The maximum Gasteiger partial charge on any atom is 0.509 e. The molecule has 4 N–H and O–H groups in total. The van der Waals surface area contributed by atoms with E-state index in [2.05, 4.69) is 21.3 Å². The number of hydrogen-bond acceptors (Lipinski definition) is 12. The monoisotopic (exact) mass is 606 g/mol. The fraction of sp³-hybridized carbons (Fsp3) is 0.750. The van der Waals surface area contributed by atoms with Crippen LogP contribution < -0.4 is 21.3 Å². The number of rotatable bonds is 15. The predicted octanol–water partition coefficient (Wildman–Crippen LogP) is 0.736. The summed E-state index contributed by atoms with van der Waals surface area (Å²) in [5.41, 5.74) is -1.34. The largest absolute Gasteiger partial charge is 0.509 e. The van der Waals surface area contributed by atoms with E-state index in [-0.39, 0.29) is 51.0 Å². The average molecular weight is 607 g/mol. The van der Waals surface area contributed by atoms with E-state index < -0.39 is 47.2 Å². The molecule has 226 valence electrons. The van der Waals surface area contributed by atoms with Gasteiger partial charge in [-0.05, 0) is 0 Å². The lowest BCUT2D eigenvalue weighted by molar-refractivity contribution is -0.149. The summed E-state index contributed by atoms with van der Waals surface area (Å²) in [6.07, 6.45) is -3.55. The highest BCUT2D eigenvalue weighted by Crippen LogP contribution is 2.29. The normalized spacial score (nSPS) is 21.0. The number of hydrogen-bond donors (Lipinski definition) is 4. The van der Waals surface area contributed by atoms with Crippen molar-refractivity contribution in [2.45, 2.75) is 52.7 Å². The van der Waals surface area contributed by atoms with Crippen LogP contribution in [0.15, 0.2) is 0 Å². The molecule has 0 aliphatic carbocycles. The van der Waals surface area contributed by atoms with Gasteiger partial charge >= 0.3 is 12.3 Å². The number of amides is 4. The van der Waals surface area contributed by atoms with Crippen molar-refractivity contribution in [2.24, 2.45) is 10.8 Å². The van der Waals surface area contributed by atoms with E-state index in [1.807, 2.05) is 0 Å². The highest BCUT2D eigenvalue weighted by Gasteiger charge is 2.44. The van der Waals surface area contributed by atoms with Gasteiger partial charge in [-0.1, -0.05) is 49.3 Å². The van der Waals surface area contributed by atoms with E-state index in [0.29, 0.717) is 24.6 Å². The Labute approximate surface area is 240 Å². The summed E-state index contributed by atoms with van der Waals surface area (Å²) in [4.78, 5) is 71.1. The molecule has 2 rings (SSSR count). The van der Waals surface area contributed by atoms with E-state index in [9.17, 15) is 28.8 Å². The lowest BCUT2D eigenvalue weighted by Gasteiger charge is -2.35. The minimum atomic E-state index is -0.978. The van der Waals surface area contributed by atoms with E-state index in [1.165, 1.54) is 0 Å². The lowest BCUT2D eigenvalue weighted by atomic mass is 9.86. The molecule has 2 aliphatic rings. The molecule has 2 heterocycles. The fourth-order valence-corrected chi connectivity index (χ4v) is 5.39. The molecular formula is C24H38N4O10S2. The molecule has 2 saturated heterocycles. The molecule has 0 spiro atoms. The Balaban J connectivity index is 1.44. The molecule has 0 bridgehead atoms. The first-order valence-corrected chi connectivity index (χ1v) is 15.3. The predicted molar refractivity (Wildman–Crippen MR) is 146 cm³/mol. The molecule has 0 aromatic heterocycles. The second-order valence-corrected chi connectivity index (χ2v) is 13.2. The quantitative estimate of drug-likeness (QED) is 0.116. The summed E-state index contributed by atoms with van der Waals surface area (Å²) < 4.78 is 19.6. The van der Waals surface area contributed by atoms with E-state index in [4.69, 9.17) is 18.9 Å². The number of carbonyl (C=O) groups is 6. The Morgan fingerprint density at radius 1 is 0.675 bits per heavy atom. The van der Waals surface area contributed by atoms with Gasteiger partial charge in [0.05, 0.1) is 0 Å². The molecule has 2 aliphatic heterocycles. The van der Waals surface area contributed by atoms with Crippen molar-refractivity contribution >= 4 is 57.5 Å². The van der Waals surface area contributed by atoms with Gasteiger partial charge in [0, 0.05) is 61.4 Å². The van der Waals surface area contributed by atoms with E-state index in [1.54, 1.807) is 49.3 Å². The number of cyclic esters (lactones) is 4. The summed E-state index contributed by atoms with van der Waals surface area (Å²) in [7, 11) is 3.09. The number of nitrogens with one attached hydrogen (secondary N) is 4. The summed E-state index contributed by atoms with van der Waals surface area (Å²) in [5, 5.41) is 10.8. The highest BCUT2D eigenvalue weighted by atomic mass is 33.1. The highest BCUT2D eigenvalue weighted by molar-refractivity contribution is 8.76. The zero-order valence-corrected chi connectivity index (χ0v) is 24.8. The molecular weight excluding hydrogens is 568 g/mol. The van der Waals surface area contributed by atoms with Crippen molar-refractivity contribution < 1.29 is 47.7 Å². The minimum Gasteiger partial charge on any atom is -0.434 e. The fourth-order valence-electron chi connectivity index (χ4n) is 3.58. The average Bonchev–Trinajstić information content (AvgIpc) is 2.88. The van der Waals surface area contributed by atoms with Crippen LogP contribution in [0.1, 0.15) is 40.5 Å². The molecule has 0 aromatic carbocycles. The second-order valence-electron chi connectivity index (χ2n) is 10.5. The van der Waals surface area contributed by atoms with Crippen LogP contribution >= 0.6 is 21.6 Å². The van der Waals surface area contributed by atoms with Gasteiger partial charge < -0.3 is 40.2 Å². The van der Waals surface area contributed by atoms with Crippen molar-refractivity contribution in [1.82, 2.24) is 21.3 Å². The standard InChI is InChI=1S/C24H38N4O10S2/c1-23(2)13-35-21(33)37-17(23)19(31)27-7-5-15(29)25-9-11-39-40-12-10-26-16(30)6-8-28-20(32)18-24(3,4)14-36-22(34)38-18/h17-18H,5-14H2,1-4H3,(H,25,29)(H,26,30)(H,27,31)(H,28,32). The molecule has 4 amide bonds. The van der Waals surface area contributed by atoms with Gasteiger partial charge in [-0.2, -0.15) is 0 Å². The Kier molecular flexibility index (Phi) is 13.2. The first-order chi connectivity index (χ1) is 18.8. The summed E-state index contributed by atoms with van der Waals surface area (Å²) >= 11 is 0. The zero-order valence-electron chi connectivity index (χ0n) is 23.1. The zero-order chi connectivity index (χ0) is 29.8. The summed E-state index contributed by atoms with van der Waals surface area (Å²) in [6.45, 7) is 8.26. The van der Waals surface area contributed by atoms with Crippen LogP contribution in [-0.2, 0) is 38.1 Å². The van der Waals surface area contributed by atoms with Crippen LogP contribution in [0.4, 0.5) is 9.59 Å². The van der Waals surface area contributed by atoms with Crippen LogP contribution in [0.5, 0.6) is 0 Å². The maximum atomic E-state index is 12.3. The number of carbonyl (C=O) groups excluding carboxylic acids is 6. The van der Waals surface area contributed by atoms with Gasteiger partial charge in [0.15, 0.2) is 12.2 Å². The van der Waals surface area contributed by atoms with Gasteiger partial charge in [0.25, 0.3) is 11.8 Å². The Hall–Kier alpha value is -2.88. The molecule has 0 radical (unpaired) electrons. The molecule has 0 saturated carbocycles. The van der Waals surface area contributed by atoms with Gasteiger partial charge in [-0.15, -0.1) is 0 Å². The van der Waals surface area contributed by atoms with Crippen LogP contribution in [0.25, 0.3) is 0 Å². The summed E-state index contributed by atoms with van der Waals surface area (Å²) in [5.74, 6) is -0.0577. The van der Waals surface area contributed by atoms with Crippen molar-refractivity contribution in [3.8, 4) is 0 Å². The Morgan fingerprint density at radius 3 is 1.43 bits per heavy atom. The molecule has 0 aromatic rings. The van der Waals surface area contributed by atoms with E-state index >= 15 is 0 Å². The topological polar surface area (TPSA) is 187 Å². The third-order valence-corrected chi connectivity index (χ3v) is 8.26. The lowest BCUT2D eigenvalue weighted by Crippen LogP contribution is -2.52. The molecule has 2 atom stereocenters. The van der Waals surface area contributed by atoms with Gasteiger partial charge in [0.1, 0.15) is 13.2 Å². The van der Waals surface area contributed by atoms with Crippen molar-refractivity contribution in [3.63, 3.8) is 0 Å². The molecule has 40 heavy (non-hydrogen) atoms.